The molecule has 7 nitrogen and oxygen atoms in total. The number of rotatable bonds is 5. The number of ether oxygens (including phenoxy) is 1. The van der Waals surface area contributed by atoms with Gasteiger partial charge in [-0.3, -0.25) is 9.78 Å². The highest BCUT2D eigenvalue weighted by atomic mass is 79.9. The Kier molecular flexibility index (Phi) is 6.58. The first-order valence-electron chi connectivity index (χ1n) is 8.54. The molecule has 0 spiro atoms. The van der Waals surface area contributed by atoms with Gasteiger partial charge in [-0.05, 0) is 36.4 Å². The number of urea groups is 1. The molecule has 154 valence electrons. The van der Waals surface area contributed by atoms with Crippen LogP contribution < -0.4 is 20.7 Å². The molecule has 0 aliphatic carbocycles. The van der Waals surface area contributed by atoms with Gasteiger partial charge in [0.15, 0.2) is 0 Å². The smallest absolute Gasteiger partial charge is 0.323 e. The van der Waals surface area contributed by atoms with E-state index in [9.17, 15) is 18.4 Å². The van der Waals surface area contributed by atoms with Gasteiger partial charge in [0.05, 0.1) is 11.4 Å². The van der Waals surface area contributed by atoms with E-state index in [4.69, 9.17) is 4.74 Å². The Bertz CT molecular complexity index is 1110. The number of pyridine rings is 1. The number of nitrogens with one attached hydrogen (secondary N) is 3. The van der Waals surface area contributed by atoms with Gasteiger partial charge in [0.25, 0.3) is 5.91 Å². The molecule has 2 aromatic carbocycles. The van der Waals surface area contributed by atoms with Crippen LogP contribution in [0.15, 0.2) is 59.2 Å². The molecule has 0 fully saturated rings. The van der Waals surface area contributed by atoms with Crippen LogP contribution in [0.5, 0.6) is 11.5 Å². The lowest BCUT2D eigenvalue weighted by molar-refractivity contribution is 0.0958. The normalized spacial score (nSPS) is 10.3. The van der Waals surface area contributed by atoms with Gasteiger partial charge in [-0.15, -0.1) is 0 Å². The first-order chi connectivity index (χ1) is 14.4. The van der Waals surface area contributed by atoms with E-state index in [-0.39, 0.29) is 34.5 Å². The molecule has 10 heteroatoms. The number of benzene rings is 2. The first kappa shape index (κ1) is 21.2. The molecule has 0 radical (unpaired) electrons. The molecule has 3 N–H and O–H groups in total. The maximum absolute atomic E-state index is 14.4. The average Bonchev–Trinajstić information content (AvgIpc) is 2.72. The Balaban J connectivity index is 1.69. The van der Waals surface area contributed by atoms with Crippen molar-refractivity contribution < 1.29 is 23.1 Å². The van der Waals surface area contributed by atoms with Crippen LogP contribution in [0.1, 0.15) is 10.5 Å². The van der Waals surface area contributed by atoms with Crippen molar-refractivity contribution in [3.05, 3.63) is 76.5 Å². The monoisotopic (exact) mass is 476 g/mol. The zero-order valence-corrected chi connectivity index (χ0v) is 17.1. The highest BCUT2D eigenvalue weighted by Gasteiger charge is 2.12. The van der Waals surface area contributed by atoms with Crippen LogP contribution in [0.25, 0.3) is 0 Å². The molecule has 3 rings (SSSR count). The number of nitrogens with zero attached hydrogens (tertiary/aromatic N) is 1. The number of carbonyl (C=O) groups excluding carboxylic acids is 2. The summed E-state index contributed by atoms with van der Waals surface area (Å²) in [6.45, 7) is 0. The van der Waals surface area contributed by atoms with Crippen molar-refractivity contribution in [3.8, 4) is 11.5 Å². The minimum absolute atomic E-state index is 0.0631. The van der Waals surface area contributed by atoms with Crippen molar-refractivity contribution in [1.82, 2.24) is 10.3 Å². The third-order valence-corrected chi connectivity index (χ3v) is 4.29. The quantitative estimate of drug-likeness (QED) is 0.487. The zero-order valence-electron chi connectivity index (χ0n) is 15.5. The topological polar surface area (TPSA) is 92.4 Å². The second-order valence-electron chi connectivity index (χ2n) is 5.90. The SMILES string of the molecule is CNC(=O)c1cc(Oc2ccc(NC(=O)Nc3cc(Br)ccc3F)c(F)c2)ccn1. The molecule has 1 aromatic heterocycles. The Labute approximate surface area is 178 Å². The van der Waals surface area contributed by atoms with Crippen LogP contribution in [0, 0.1) is 11.6 Å². The van der Waals surface area contributed by atoms with Crippen LogP contribution in [-0.4, -0.2) is 24.0 Å². The Morgan fingerprint density at radius 1 is 0.933 bits per heavy atom. The number of carbonyl (C=O) groups is 2. The summed E-state index contributed by atoms with van der Waals surface area (Å²) in [5.41, 5.74) is -0.0481. The largest absolute Gasteiger partial charge is 0.457 e. The molecule has 0 unspecified atom stereocenters. The molecule has 0 saturated carbocycles. The lowest BCUT2D eigenvalue weighted by atomic mass is 10.2. The predicted molar refractivity (Wildman–Crippen MR) is 111 cm³/mol. The second kappa shape index (κ2) is 9.31. The molecular weight excluding hydrogens is 462 g/mol. The molecule has 3 aromatic rings. The second-order valence-corrected chi connectivity index (χ2v) is 6.82. The number of halogens is 3. The van der Waals surface area contributed by atoms with E-state index < -0.39 is 17.7 Å². The maximum Gasteiger partial charge on any atom is 0.323 e. The van der Waals surface area contributed by atoms with Gasteiger partial charge in [-0.1, -0.05) is 15.9 Å². The predicted octanol–water partition coefficient (Wildman–Crippen LogP) is 4.92. The highest BCUT2D eigenvalue weighted by molar-refractivity contribution is 9.10. The third kappa shape index (κ3) is 5.29. The molecule has 30 heavy (non-hydrogen) atoms. The maximum atomic E-state index is 14.4. The number of anilines is 2. The lowest BCUT2D eigenvalue weighted by Crippen LogP contribution is -2.20. The van der Waals surface area contributed by atoms with Gasteiger partial charge < -0.3 is 20.7 Å². The van der Waals surface area contributed by atoms with Crippen molar-refractivity contribution >= 4 is 39.2 Å². The summed E-state index contributed by atoms with van der Waals surface area (Å²) in [7, 11) is 1.47. The fourth-order valence-electron chi connectivity index (χ4n) is 2.39. The first-order valence-corrected chi connectivity index (χ1v) is 9.33. The van der Waals surface area contributed by atoms with Crippen LogP contribution >= 0.6 is 15.9 Å². The Morgan fingerprint density at radius 3 is 2.40 bits per heavy atom. The van der Waals surface area contributed by atoms with Gasteiger partial charge in [0.2, 0.25) is 0 Å². The van der Waals surface area contributed by atoms with E-state index in [1.165, 1.54) is 55.7 Å². The lowest BCUT2D eigenvalue weighted by Gasteiger charge is -2.11. The minimum Gasteiger partial charge on any atom is -0.457 e. The molecule has 3 amide bonds. The van der Waals surface area contributed by atoms with Gasteiger partial charge in [0, 0.05) is 29.8 Å². The third-order valence-electron chi connectivity index (χ3n) is 3.79. The molecule has 0 saturated heterocycles. The van der Waals surface area contributed by atoms with Crippen molar-refractivity contribution in [2.45, 2.75) is 0 Å². The van der Waals surface area contributed by atoms with E-state index in [2.05, 4.69) is 36.9 Å². The van der Waals surface area contributed by atoms with Gasteiger partial charge in [0.1, 0.15) is 28.8 Å². The summed E-state index contributed by atoms with van der Waals surface area (Å²) in [6.07, 6.45) is 1.39. The fraction of sp³-hybridized carbons (Fsp3) is 0.0500. The number of hydrogen-bond donors (Lipinski definition) is 3. The summed E-state index contributed by atoms with van der Waals surface area (Å²) in [4.78, 5) is 27.6. The number of hydrogen-bond acceptors (Lipinski definition) is 4. The van der Waals surface area contributed by atoms with E-state index in [1.54, 1.807) is 0 Å². The van der Waals surface area contributed by atoms with E-state index in [1.807, 2.05) is 0 Å². The van der Waals surface area contributed by atoms with Crippen molar-refractivity contribution in [1.29, 1.82) is 0 Å². The summed E-state index contributed by atoms with van der Waals surface area (Å²) in [5, 5.41) is 7.05. The Morgan fingerprint density at radius 2 is 1.67 bits per heavy atom. The minimum atomic E-state index is -0.816. The van der Waals surface area contributed by atoms with Gasteiger partial charge >= 0.3 is 6.03 Å². The summed E-state index contributed by atoms with van der Waals surface area (Å²) in [5.74, 6) is -1.36. The number of amides is 3. The van der Waals surface area contributed by atoms with Crippen molar-refractivity contribution in [3.63, 3.8) is 0 Å². The summed E-state index contributed by atoms with van der Waals surface area (Å²) < 4.78 is 34.2. The molecule has 0 atom stereocenters. The molecule has 0 bridgehead atoms. The van der Waals surface area contributed by atoms with Crippen LogP contribution in [0.3, 0.4) is 0 Å². The standard InChI is InChI=1S/C20H15BrF2N4O3/c1-24-19(28)18-10-13(6-7-25-18)30-12-3-5-16(15(23)9-12)26-20(29)27-17-8-11(21)2-4-14(17)22/h2-10H,1H3,(H,24,28)(H2,26,27,29). The van der Waals surface area contributed by atoms with Gasteiger partial charge in [-0.2, -0.15) is 0 Å². The molecule has 1 heterocycles. The van der Waals surface area contributed by atoms with E-state index >= 15 is 0 Å². The Hall–Kier alpha value is -3.53. The van der Waals surface area contributed by atoms with Crippen LogP contribution in [0.2, 0.25) is 0 Å². The van der Waals surface area contributed by atoms with E-state index in [0.717, 1.165) is 6.07 Å². The number of aromatic nitrogens is 1. The average molecular weight is 477 g/mol. The summed E-state index contributed by atoms with van der Waals surface area (Å²) in [6, 6.07) is 9.93. The molecule has 0 aliphatic rings. The zero-order chi connectivity index (χ0) is 21.7. The van der Waals surface area contributed by atoms with E-state index in [0.29, 0.717) is 4.47 Å². The molecule has 0 aliphatic heterocycles. The van der Waals surface area contributed by atoms with Gasteiger partial charge in [-0.25, -0.2) is 13.6 Å². The van der Waals surface area contributed by atoms with Crippen LogP contribution in [-0.2, 0) is 0 Å². The summed E-state index contributed by atoms with van der Waals surface area (Å²) >= 11 is 3.18. The molecular formula is C20H15BrF2N4O3. The fourth-order valence-corrected chi connectivity index (χ4v) is 2.75. The van der Waals surface area contributed by atoms with Crippen molar-refractivity contribution in [2.75, 3.05) is 17.7 Å². The van der Waals surface area contributed by atoms with Crippen molar-refractivity contribution in [2.24, 2.45) is 0 Å². The highest BCUT2D eigenvalue weighted by Crippen LogP contribution is 2.26. The van der Waals surface area contributed by atoms with Crippen LogP contribution in [0.4, 0.5) is 25.0 Å².